The van der Waals surface area contributed by atoms with Gasteiger partial charge in [0.25, 0.3) is 0 Å². The Morgan fingerprint density at radius 1 is 0.219 bits per heavy atom. The van der Waals surface area contributed by atoms with Gasteiger partial charge in [0, 0.05) is 19.3 Å². The van der Waals surface area contributed by atoms with E-state index in [0.29, 0.717) is 19.3 Å². The molecule has 1 unspecified atom stereocenters. The number of hydrogen-bond acceptors (Lipinski definition) is 6. The molecule has 0 aromatic heterocycles. The van der Waals surface area contributed by atoms with E-state index in [-0.39, 0.29) is 31.1 Å². The Kier molecular flexibility index (Phi) is 61.6. The molecule has 6 heteroatoms. The second-order valence-corrected chi connectivity index (χ2v) is 23.1. The van der Waals surface area contributed by atoms with Crippen molar-refractivity contribution in [3.05, 3.63) is 0 Å². The third kappa shape index (κ3) is 61.1. The first-order valence-electron chi connectivity index (χ1n) is 33.5. The lowest BCUT2D eigenvalue weighted by Gasteiger charge is -2.18. The van der Waals surface area contributed by atoms with Crippen LogP contribution in [0.4, 0.5) is 0 Å². The van der Waals surface area contributed by atoms with Crippen molar-refractivity contribution in [3.63, 3.8) is 0 Å². The molecule has 1 atom stereocenters. The quantitative estimate of drug-likeness (QED) is 0.0343. The average molecular weight is 1030 g/mol. The Morgan fingerprint density at radius 3 is 0.548 bits per heavy atom. The summed E-state index contributed by atoms with van der Waals surface area (Å²) < 4.78 is 17.0. The van der Waals surface area contributed by atoms with Crippen LogP contribution in [0.1, 0.15) is 393 Å². The van der Waals surface area contributed by atoms with E-state index in [4.69, 9.17) is 14.2 Å². The SMILES string of the molecule is CCCCCCCCCCCCCCCCCCCCCCCCC(=O)OCC(COC(=O)CCCCCCCCCCCCCC)OC(=O)CCCCCCCCCCCCCCCCCCCCCCC. The second kappa shape index (κ2) is 62.9. The summed E-state index contributed by atoms with van der Waals surface area (Å²) in [6, 6.07) is 0. The van der Waals surface area contributed by atoms with E-state index < -0.39 is 6.10 Å². The first-order chi connectivity index (χ1) is 36.0. The van der Waals surface area contributed by atoms with Gasteiger partial charge in [0.1, 0.15) is 13.2 Å². The lowest BCUT2D eigenvalue weighted by atomic mass is 10.0. The molecule has 0 radical (unpaired) electrons. The molecule has 0 amide bonds. The molecule has 0 aliphatic heterocycles. The van der Waals surface area contributed by atoms with Crippen LogP contribution in [0.15, 0.2) is 0 Å². The van der Waals surface area contributed by atoms with Crippen molar-refractivity contribution in [1.29, 1.82) is 0 Å². The molecule has 0 aliphatic rings. The molecule has 0 rings (SSSR count). The van der Waals surface area contributed by atoms with E-state index in [0.717, 1.165) is 57.8 Å². The minimum atomic E-state index is -0.762. The van der Waals surface area contributed by atoms with E-state index >= 15 is 0 Å². The molecular formula is C67H130O6. The fraction of sp³-hybridized carbons (Fsp3) is 0.955. The van der Waals surface area contributed by atoms with Crippen LogP contribution in [0, 0.1) is 0 Å². The summed E-state index contributed by atoms with van der Waals surface area (Å²) in [6.07, 6.45) is 72.6. The molecule has 0 aromatic carbocycles. The summed E-state index contributed by atoms with van der Waals surface area (Å²) in [5.41, 5.74) is 0. The van der Waals surface area contributed by atoms with Crippen LogP contribution < -0.4 is 0 Å². The lowest BCUT2D eigenvalue weighted by Crippen LogP contribution is -2.30. The van der Waals surface area contributed by atoms with Gasteiger partial charge < -0.3 is 14.2 Å². The van der Waals surface area contributed by atoms with Gasteiger partial charge in [0.15, 0.2) is 6.10 Å². The van der Waals surface area contributed by atoms with E-state index in [1.807, 2.05) is 0 Å². The molecule has 0 fully saturated rings. The molecule has 0 heterocycles. The van der Waals surface area contributed by atoms with Crippen LogP contribution in [-0.4, -0.2) is 37.2 Å². The number of esters is 3. The highest BCUT2D eigenvalue weighted by Gasteiger charge is 2.19. The van der Waals surface area contributed by atoms with Gasteiger partial charge in [-0.2, -0.15) is 0 Å². The van der Waals surface area contributed by atoms with E-state index in [2.05, 4.69) is 20.8 Å². The predicted octanol–water partition coefficient (Wildman–Crippen LogP) is 22.7. The number of unbranched alkanes of at least 4 members (excludes halogenated alkanes) is 52. The first kappa shape index (κ1) is 71.4. The van der Waals surface area contributed by atoms with Gasteiger partial charge in [0.2, 0.25) is 0 Å². The van der Waals surface area contributed by atoms with Crippen molar-refractivity contribution in [3.8, 4) is 0 Å². The molecule has 0 aliphatic carbocycles. The Morgan fingerprint density at radius 2 is 0.370 bits per heavy atom. The summed E-state index contributed by atoms with van der Waals surface area (Å²) in [5, 5.41) is 0. The predicted molar refractivity (Wildman–Crippen MR) is 317 cm³/mol. The zero-order valence-electron chi connectivity index (χ0n) is 50.0. The van der Waals surface area contributed by atoms with Gasteiger partial charge in [-0.1, -0.05) is 355 Å². The van der Waals surface area contributed by atoms with Crippen LogP contribution in [0.5, 0.6) is 0 Å². The highest BCUT2D eigenvalue weighted by molar-refractivity contribution is 5.71. The highest BCUT2D eigenvalue weighted by Crippen LogP contribution is 2.19. The fourth-order valence-corrected chi connectivity index (χ4v) is 10.6. The minimum absolute atomic E-state index is 0.0604. The Hall–Kier alpha value is -1.59. The van der Waals surface area contributed by atoms with E-state index in [1.54, 1.807) is 0 Å². The first-order valence-corrected chi connectivity index (χ1v) is 33.5. The van der Waals surface area contributed by atoms with Gasteiger partial charge in [-0.15, -0.1) is 0 Å². The molecule has 434 valence electrons. The number of rotatable bonds is 63. The summed E-state index contributed by atoms with van der Waals surface area (Å²) in [5.74, 6) is -0.824. The summed E-state index contributed by atoms with van der Waals surface area (Å²) >= 11 is 0. The van der Waals surface area contributed by atoms with Crippen molar-refractivity contribution < 1.29 is 28.6 Å². The summed E-state index contributed by atoms with van der Waals surface area (Å²) in [4.78, 5) is 38.3. The summed E-state index contributed by atoms with van der Waals surface area (Å²) in [6.45, 7) is 6.73. The molecule has 0 bridgehead atoms. The molecule has 73 heavy (non-hydrogen) atoms. The van der Waals surface area contributed by atoms with Crippen LogP contribution in [0.3, 0.4) is 0 Å². The van der Waals surface area contributed by atoms with Crippen molar-refractivity contribution in [1.82, 2.24) is 0 Å². The molecule has 0 saturated heterocycles. The van der Waals surface area contributed by atoms with Crippen LogP contribution in [0.25, 0.3) is 0 Å². The number of carbonyl (C=O) groups excluding carboxylic acids is 3. The Balaban J connectivity index is 4.20. The minimum Gasteiger partial charge on any atom is -0.462 e. The van der Waals surface area contributed by atoms with E-state index in [9.17, 15) is 14.4 Å². The summed E-state index contributed by atoms with van der Waals surface area (Å²) in [7, 11) is 0. The zero-order chi connectivity index (χ0) is 52.9. The van der Waals surface area contributed by atoms with Crippen molar-refractivity contribution >= 4 is 17.9 Å². The maximum Gasteiger partial charge on any atom is 0.306 e. The maximum atomic E-state index is 12.9. The normalized spacial score (nSPS) is 11.9. The van der Waals surface area contributed by atoms with Crippen molar-refractivity contribution in [2.45, 2.75) is 399 Å². The largest absolute Gasteiger partial charge is 0.462 e. The topological polar surface area (TPSA) is 78.9 Å². The Labute approximate surface area is 457 Å². The second-order valence-electron chi connectivity index (χ2n) is 23.1. The smallest absolute Gasteiger partial charge is 0.306 e. The zero-order valence-corrected chi connectivity index (χ0v) is 50.0. The average Bonchev–Trinajstić information content (AvgIpc) is 3.39. The van der Waals surface area contributed by atoms with Crippen molar-refractivity contribution in [2.75, 3.05) is 13.2 Å². The third-order valence-electron chi connectivity index (χ3n) is 15.6. The van der Waals surface area contributed by atoms with Gasteiger partial charge >= 0.3 is 17.9 Å². The van der Waals surface area contributed by atoms with Gasteiger partial charge in [-0.3, -0.25) is 14.4 Å². The molecule has 0 N–H and O–H groups in total. The van der Waals surface area contributed by atoms with Crippen molar-refractivity contribution in [2.24, 2.45) is 0 Å². The number of carbonyl (C=O) groups is 3. The van der Waals surface area contributed by atoms with Gasteiger partial charge in [0.05, 0.1) is 0 Å². The fourth-order valence-electron chi connectivity index (χ4n) is 10.6. The standard InChI is InChI=1S/C67H130O6/c1-4-7-10-13-16-19-22-25-27-29-31-33-35-36-38-40-42-45-48-51-54-57-60-66(69)72-63-64(62-71-65(68)59-56-53-50-47-44-24-21-18-15-12-9-6-3)73-67(70)61-58-55-52-49-46-43-41-39-37-34-32-30-28-26-23-20-17-14-11-8-5-2/h64H,4-63H2,1-3H3. The number of ether oxygens (including phenoxy) is 3. The maximum absolute atomic E-state index is 12.9. The highest BCUT2D eigenvalue weighted by atomic mass is 16.6. The van der Waals surface area contributed by atoms with Crippen LogP contribution >= 0.6 is 0 Å². The van der Waals surface area contributed by atoms with Crippen LogP contribution in [0.2, 0.25) is 0 Å². The molecule has 0 saturated carbocycles. The third-order valence-corrected chi connectivity index (χ3v) is 15.6. The van der Waals surface area contributed by atoms with Gasteiger partial charge in [-0.05, 0) is 19.3 Å². The van der Waals surface area contributed by atoms with Gasteiger partial charge in [-0.25, -0.2) is 0 Å². The number of hydrogen-bond donors (Lipinski definition) is 0. The molecular weight excluding hydrogens is 901 g/mol. The monoisotopic (exact) mass is 1030 g/mol. The lowest BCUT2D eigenvalue weighted by molar-refractivity contribution is -0.167. The van der Waals surface area contributed by atoms with E-state index in [1.165, 1.54) is 295 Å². The Bertz CT molecular complexity index is 1090. The van der Waals surface area contributed by atoms with Crippen LogP contribution in [-0.2, 0) is 28.6 Å². The molecule has 6 nitrogen and oxygen atoms in total. The molecule has 0 spiro atoms. The molecule has 0 aromatic rings.